The molecule has 10 rings (SSSR count). The summed E-state index contributed by atoms with van der Waals surface area (Å²) in [5, 5.41) is 13.0. The largest absolute Gasteiger partial charge is 0.309 e. The van der Waals surface area contributed by atoms with Gasteiger partial charge in [-0.05, 0) is 69.8 Å². The summed E-state index contributed by atoms with van der Waals surface area (Å²) in [6, 6.07) is 74.0. The molecule has 2 aromatic heterocycles. The minimum atomic E-state index is 0.444. The van der Waals surface area contributed by atoms with Crippen LogP contribution in [0.2, 0.25) is 0 Å². The lowest BCUT2D eigenvalue weighted by Crippen LogP contribution is -2.03. The van der Waals surface area contributed by atoms with Crippen molar-refractivity contribution in [3.8, 4) is 79.0 Å². The lowest BCUT2D eigenvalue weighted by molar-refractivity contribution is 1.15. The number of fused-ring (bicyclic) bond motifs is 3. The van der Waals surface area contributed by atoms with Crippen molar-refractivity contribution in [3.63, 3.8) is 0 Å². The van der Waals surface area contributed by atoms with Crippen molar-refractivity contribution in [1.82, 2.24) is 14.5 Å². The average Bonchev–Trinajstić information content (AvgIpc) is 3.63. The van der Waals surface area contributed by atoms with Crippen LogP contribution < -0.4 is 0 Å². The third-order valence-electron chi connectivity index (χ3n) is 10.7. The molecule has 2 heterocycles. The molecule has 266 valence electrons. The first-order chi connectivity index (χ1) is 28.2. The fourth-order valence-electron chi connectivity index (χ4n) is 7.94. The smallest absolute Gasteiger partial charge is 0.161 e. The van der Waals surface area contributed by atoms with Gasteiger partial charge in [0.05, 0.1) is 22.4 Å². The molecule has 0 aliphatic heterocycles. The van der Waals surface area contributed by atoms with E-state index in [1.807, 2.05) is 66.7 Å². The van der Waals surface area contributed by atoms with Crippen molar-refractivity contribution in [2.24, 2.45) is 0 Å². The number of aromatic nitrogens is 3. The molecule has 4 nitrogen and oxygen atoms in total. The van der Waals surface area contributed by atoms with E-state index in [1.54, 1.807) is 0 Å². The van der Waals surface area contributed by atoms with E-state index in [0.717, 1.165) is 44.5 Å². The van der Waals surface area contributed by atoms with Gasteiger partial charge in [0.2, 0.25) is 0 Å². The summed E-state index contributed by atoms with van der Waals surface area (Å²) in [6.07, 6.45) is 0. The molecule has 0 spiro atoms. The third-order valence-corrected chi connectivity index (χ3v) is 10.7. The number of benzene rings is 8. The molecule has 57 heavy (non-hydrogen) atoms. The Labute approximate surface area is 331 Å². The van der Waals surface area contributed by atoms with E-state index in [4.69, 9.17) is 9.97 Å². The van der Waals surface area contributed by atoms with Crippen LogP contribution in [0.25, 0.3) is 94.8 Å². The normalized spacial score (nSPS) is 11.1. The summed E-state index contributed by atoms with van der Waals surface area (Å²) in [5.41, 5.74) is 14.2. The molecule has 0 saturated heterocycles. The van der Waals surface area contributed by atoms with Gasteiger partial charge in [-0.1, -0.05) is 170 Å². The molecule has 8 aromatic carbocycles. The molecular formula is C53H34N4. The van der Waals surface area contributed by atoms with Crippen LogP contribution in [0.1, 0.15) is 5.56 Å². The summed E-state index contributed by atoms with van der Waals surface area (Å²) in [7, 11) is 0. The van der Waals surface area contributed by atoms with Crippen LogP contribution in [0.4, 0.5) is 0 Å². The maximum Gasteiger partial charge on any atom is 0.161 e. The van der Waals surface area contributed by atoms with Crippen LogP contribution in [-0.4, -0.2) is 14.5 Å². The molecule has 0 radical (unpaired) electrons. The summed E-state index contributed by atoms with van der Waals surface area (Å²) in [6.45, 7) is 0. The highest BCUT2D eigenvalue weighted by Gasteiger charge is 2.22. The highest BCUT2D eigenvalue weighted by molar-refractivity contribution is 6.12. The van der Waals surface area contributed by atoms with E-state index in [1.165, 1.54) is 33.0 Å². The van der Waals surface area contributed by atoms with Gasteiger partial charge in [0.1, 0.15) is 11.6 Å². The Hall–Kier alpha value is -7.87. The highest BCUT2D eigenvalue weighted by atomic mass is 15.0. The van der Waals surface area contributed by atoms with Crippen molar-refractivity contribution >= 4 is 21.8 Å². The van der Waals surface area contributed by atoms with Gasteiger partial charge in [-0.25, -0.2) is 9.97 Å². The van der Waals surface area contributed by atoms with Crippen LogP contribution in [0.5, 0.6) is 0 Å². The zero-order chi connectivity index (χ0) is 38.1. The molecule has 0 unspecified atom stereocenters. The minimum absolute atomic E-state index is 0.444. The van der Waals surface area contributed by atoms with E-state index >= 15 is 0 Å². The second-order valence-corrected chi connectivity index (χ2v) is 14.1. The van der Waals surface area contributed by atoms with E-state index in [-0.39, 0.29) is 0 Å². The number of nitriles is 1. The van der Waals surface area contributed by atoms with Crippen LogP contribution >= 0.6 is 0 Å². The van der Waals surface area contributed by atoms with Crippen molar-refractivity contribution in [2.45, 2.75) is 0 Å². The highest BCUT2D eigenvalue weighted by Crippen LogP contribution is 2.41. The summed E-state index contributed by atoms with van der Waals surface area (Å²) in [5.74, 6) is 0.547. The first-order valence-electron chi connectivity index (χ1n) is 19.1. The van der Waals surface area contributed by atoms with Gasteiger partial charge >= 0.3 is 0 Å². The minimum Gasteiger partial charge on any atom is -0.309 e. The topological polar surface area (TPSA) is 54.5 Å². The fourth-order valence-corrected chi connectivity index (χ4v) is 7.94. The van der Waals surface area contributed by atoms with E-state index < -0.39 is 0 Å². The van der Waals surface area contributed by atoms with Crippen LogP contribution in [-0.2, 0) is 0 Å². The predicted molar refractivity (Wildman–Crippen MR) is 234 cm³/mol. The van der Waals surface area contributed by atoms with Gasteiger partial charge in [0.15, 0.2) is 5.82 Å². The third kappa shape index (κ3) is 6.14. The Kier molecular flexibility index (Phi) is 8.52. The average molecular weight is 727 g/mol. The number of rotatable bonds is 7. The standard InChI is InChI=1S/C53H34N4/c54-35-48-51(39-22-12-4-13-23-39)55-53(56-52(48)40-24-14-5-15-25-40)47-34-43(28-29-44(47)38-20-10-3-11-21-38)57-49-30-26-41(36-16-6-1-7-17-36)32-45(49)46-33-42(27-31-50(46)57)37-18-8-2-9-19-37/h1-34H. The first-order valence-corrected chi connectivity index (χ1v) is 19.1. The second-order valence-electron chi connectivity index (χ2n) is 14.1. The SMILES string of the molecule is N#Cc1c(-c2ccccc2)nc(-c2cc(-n3c4ccc(-c5ccccc5)cc4c4cc(-c5ccccc5)ccc43)ccc2-c2ccccc2)nc1-c1ccccc1. The maximum atomic E-state index is 10.6. The molecule has 0 aliphatic rings. The van der Waals surface area contributed by atoms with Crippen molar-refractivity contribution in [3.05, 3.63) is 212 Å². The molecule has 4 heteroatoms. The number of nitrogens with zero attached hydrogens (tertiary/aromatic N) is 4. The van der Waals surface area contributed by atoms with Crippen molar-refractivity contribution < 1.29 is 0 Å². The lowest BCUT2D eigenvalue weighted by atomic mass is 9.96. The van der Waals surface area contributed by atoms with Crippen LogP contribution in [0.3, 0.4) is 0 Å². The van der Waals surface area contributed by atoms with Gasteiger partial charge in [-0.3, -0.25) is 0 Å². The predicted octanol–water partition coefficient (Wildman–Crippen LogP) is 13.4. The zero-order valence-corrected chi connectivity index (χ0v) is 30.9. The van der Waals surface area contributed by atoms with Gasteiger partial charge < -0.3 is 4.57 Å². The monoisotopic (exact) mass is 726 g/mol. The Morgan fingerprint density at radius 2 is 0.789 bits per heavy atom. The Balaban J connectivity index is 1.26. The summed E-state index contributed by atoms with van der Waals surface area (Å²) >= 11 is 0. The first kappa shape index (κ1) is 33.7. The lowest BCUT2D eigenvalue weighted by Gasteiger charge is -2.17. The fraction of sp³-hybridized carbons (Fsp3) is 0. The molecule has 0 amide bonds. The Morgan fingerprint density at radius 3 is 1.23 bits per heavy atom. The van der Waals surface area contributed by atoms with Gasteiger partial charge in [-0.15, -0.1) is 0 Å². The second kappa shape index (κ2) is 14.4. The molecule has 0 atom stereocenters. The van der Waals surface area contributed by atoms with Gasteiger partial charge in [0, 0.05) is 33.2 Å². The zero-order valence-electron chi connectivity index (χ0n) is 30.9. The Morgan fingerprint density at radius 1 is 0.368 bits per heavy atom. The summed E-state index contributed by atoms with van der Waals surface area (Å²) < 4.78 is 2.35. The Bertz CT molecular complexity index is 2940. The number of hydrogen-bond donors (Lipinski definition) is 0. The van der Waals surface area contributed by atoms with Crippen molar-refractivity contribution in [1.29, 1.82) is 5.26 Å². The van der Waals surface area contributed by atoms with Gasteiger partial charge in [-0.2, -0.15) is 5.26 Å². The maximum absolute atomic E-state index is 10.6. The summed E-state index contributed by atoms with van der Waals surface area (Å²) in [4.78, 5) is 10.5. The molecular weight excluding hydrogens is 693 g/mol. The molecule has 0 N–H and O–H groups in total. The van der Waals surface area contributed by atoms with Crippen LogP contribution in [0, 0.1) is 11.3 Å². The van der Waals surface area contributed by atoms with E-state index in [2.05, 4.69) is 150 Å². The number of hydrogen-bond acceptors (Lipinski definition) is 3. The quantitative estimate of drug-likeness (QED) is 0.164. The van der Waals surface area contributed by atoms with E-state index in [0.29, 0.717) is 22.8 Å². The molecule has 0 bridgehead atoms. The van der Waals surface area contributed by atoms with Crippen molar-refractivity contribution in [2.75, 3.05) is 0 Å². The molecule has 10 aromatic rings. The van der Waals surface area contributed by atoms with Crippen LogP contribution in [0.15, 0.2) is 206 Å². The molecule has 0 fully saturated rings. The van der Waals surface area contributed by atoms with E-state index in [9.17, 15) is 5.26 Å². The molecule has 0 saturated carbocycles. The molecule has 0 aliphatic carbocycles. The van der Waals surface area contributed by atoms with Gasteiger partial charge in [0.25, 0.3) is 0 Å².